The van der Waals surface area contributed by atoms with Crippen LogP contribution in [0.4, 0.5) is 11.4 Å². The molecule has 0 aliphatic carbocycles. The molecule has 0 aliphatic rings. The average Bonchev–Trinajstić information content (AvgIpc) is 2.67. The Hall–Kier alpha value is -2.79. The van der Waals surface area contributed by atoms with Gasteiger partial charge in [-0.15, -0.1) is 0 Å². The normalized spacial score (nSPS) is 10.2. The first kappa shape index (κ1) is 18.0. The van der Waals surface area contributed by atoms with E-state index in [1.807, 2.05) is 78.9 Å². The number of rotatable bonds is 7. The predicted molar refractivity (Wildman–Crippen MR) is 108 cm³/mol. The maximum absolute atomic E-state index is 12.1. The van der Waals surface area contributed by atoms with Gasteiger partial charge in [0.15, 0.2) is 0 Å². The van der Waals surface area contributed by atoms with Gasteiger partial charge in [-0.05, 0) is 42.0 Å². The fraction of sp³-hybridized carbons (Fsp3) is 0.0952. The second kappa shape index (κ2) is 9.06. The van der Waals surface area contributed by atoms with Gasteiger partial charge in [0.25, 0.3) is 0 Å². The molecule has 1 amide bonds. The zero-order valence-corrected chi connectivity index (χ0v) is 15.7. The molecule has 0 aromatic heterocycles. The Balaban J connectivity index is 1.51. The lowest BCUT2D eigenvalue weighted by atomic mass is 10.2. The first-order valence-corrected chi connectivity index (χ1v) is 9.04. The summed E-state index contributed by atoms with van der Waals surface area (Å²) in [5.74, 6) is 0.598. The third-order valence-electron chi connectivity index (χ3n) is 3.66. The fourth-order valence-electron chi connectivity index (χ4n) is 2.36. The van der Waals surface area contributed by atoms with E-state index in [-0.39, 0.29) is 12.5 Å². The van der Waals surface area contributed by atoms with Crippen molar-refractivity contribution in [3.8, 4) is 5.75 Å². The van der Waals surface area contributed by atoms with Crippen LogP contribution in [-0.2, 0) is 11.4 Å². The molecule has 26 heavy (non-hydrogen) atoms. The summed E-state index contributed by atoms with van der Waals surface area (Å²) in [6, 6.07) is 25.0. The van der Waals surface area contributed by atoms with Crippen LogP contribution in [0.2, 0.25) is 0 Å². The fourth-order valence-corrected chi connectivity index (χ4v) is 2.62. The van der Waals surface area contributed by atoms with Crippen LogP contribution >= 0.6 is 15.9 Å². The van der Waals surface area contributed by atoms with Crippen molar-refractivity contribution in [2.45, 2.75) is 6.61 Å². The molecular formula is C21H19BrN2O2. The highest BCUT2D eigenvalue weighted by molar-refractivity contribution is 9.10. The van der Waals surface area contributed by atoms with Crippen molar-refractivity contribution in [1.82, 2.24) is 0 Å². The Kier molecular flexibility index (Phi) is 6.28. The summed E-state index contributed by atoms with van der Waals surface area (Å²) in [4.78, 5) is 12.1. The van der Waals surface area contributed by atoms with Gasteiger partial charge in [0, 0.05) is 21.9 Å². The van der Waals surface area contributed by atoms with Crippen molar-refractivity contribution in [3.63, 3.8) is 0 Å². The molecule has 0 radical (unpaired) electrons. The monoisotopic (exact) mass is 410 g/mol. The molecule has 3 aromatic carbocycles. The van der Waals surface area contributed by atoms with Crippen molar-refractivity contribution < 1.29 is 9.53 Å². The summed E-state index contributed by atoms with van der Waals surface area (Å²) in [5.41, 5.74) is 2.70. The van der Waals surface area contributed by atoms with E-state index in [1.54, 1.807) is 0 Å². The average molecular weight is 411 g/mol. The zero-order chi connectivity index (χ0) is 18.2. The molecule has 0 aliphatic heterocycles. The summed E-state index contributed by atoms with van der Waals surface area (Å²) in [7, 11) is 0. The molecule has 4 nitrogen and oxygen atoms in total. The number of nitrogens with one attached hydrogen (secondary N) is 2. The van der Waals surface area contributed by atoms with Gasteiger partial charge in [-0.1, -0.05) is 52.3 Å². The molecule has 0 saturated heterocycles. The van der Waals surface area contributed by atoms with Gasteiger partial charge < -0.3 is 15.4 Å². The van der Waals surface area contributed by atoms with Crippen LogP contribution < -0.4 is 15.4 Å². The number of carbonyl (C=O) groups excluding carboxylic acids is 1. The van der Waals surface area contributed by atoms with Crippen molar-refractivity contribution in [3.05, 3.63) is 88.9 Å². The van der Waals surface area contributed by atoms with Crippen molar-refractivity contribution in [1.29, 1.82) is 0 Å². The number of amides is 1. The number of hydrogen-bond donors (Lipinski definition) is 2. The van der Waals surface area contributed by atoms with E-state index in [9.17, 15) is 4.79 Å². The molecular weight excluding hydrogens is 392 g/mol. The van der Waals surface area contributed by atoms with Gasteiger partial charge in [0.2, 0.25) is 5.91 Å². The minimum atomic E-state index is -0.117. The zero-order valence-electron chi connectivity index (χ0n) is 14.1. The van der Waals surface area contributed by atoms with E-state index < -0.39 is 0 Å². The summed E-state index contributed by atoms with van der Waals surface area (Å²) in [5, 5.41) is 5.96. The van der Waals surface area contributed by atoms with Crippen LogP contribution in [0.5, 0.6) is 5.75 Å². The number of carbonyl (C=O) groups is 1. The largest absolute Gasteiger partial charge is 0.489 e. The molecule has 0 fully saturated rings. The third kappa shape index (κ3) is 5.63. The van der Waals surface area contributed by atoms with Crippen LogP contribution in [0.25, 0.3) is 0 Å². The molecule has 0 unspecified atom stereocenters. The lowest BCUT2D eigenvalue weighted by Crippen LogP contribution is -2.21. The highest BCUT2D eigenvalue weighted by Gasteiger charge is 2.04. The predicted octanol–water partition coefficient (Wildman–Crippen LogP) is 5.08. The molecule has 0 spiro atoms. The standard InChI is InChI=1S/C21H19BrN2O2/c22-17-9-11-18(12-10-17)23-14-21(25)24-19-7-4-8-20(13-19)26-15-16-5-2-1-3-6-16/h1-13,23H,14-15H2,(H,24,25). The molecule has 2 N–H and O–H groups in total. The highest BCUT2D eigenvalue weighted by Crippen LogP contribution is 2.19. The van der Waals surface area contributed by atoms with E-state index in [4.69, 9.17) is 4.74 Å². The van der Waals surface area contributed by atoms with E-state index in [0.717, 1.165) is 15.7 Å². The molecule has 0 atom stereocenters. The Labute approximate surface area is 161 Å². The van der Waals surface area contributed by atoms with Gasteiger partial charge >= 0.3 is 0 Å². The second-order valence-corrected chi connectivity index (χ2v) is 6.63. The summed E-state index contributed by atoms with van der Waals surface area (Å²) >= 11 is 3.39. The van der Waals surface area contributed by atoms with Crippen LogP contribution in [-0.4, -0.2) is 12.5 Å². The number of anilines is 2. The maximum atomic E-state index is 12.1. The van der Waals surface area contributed by atoms with Crippen LogP contribution in [0, 0.1) is 0 Å². The first-order valence-electron chi connectivity index (χ1n) is 8.25. The number of hydrogen-bond acceptors (Lipinski definition) is 3. The van der Waals surface area contributed by atoms with Gasteiger partial charge in [-0.25, -0.2) is 0 Å². The van der Waals surface area contributed by atoms with Crippen LogP contribution in [0.1, 0.15) is 5.56 Å². The summed E-state index contributed by atoms with van der Waals surface area (Å²) < 4.78 is 6.78. The SMILES string of the molecule is O=C(CNc1ccc(Br)cc1)Nc1cccc(OCc2ccccc2)c1. The van der Waals surface area contributed by atoms with Crippen molar-refractivity contribution >= 4 is 33.2 Å². The quantitative estimate of drug-likeness (QED) is 0.570. The maximum Gasteiger partial charge on any atom is 0.243 e. The van der Waals surface area contributed by atoms with E-state index in [0.29, 0.717) is 18.0 Å². The third-order valence-corrected chi connectivity index (χ3v) is 4.19. The topological polar surface area (TPSA) is 50.4 Å². The molecule has 0 bridgehead atoms. The number of benzene rings is 3. The molecule has 0 heterocycles. The molecule has 132 valence electrons. The van der Waals surface area contributed by atoms with Crippen molar-refractivity contribution in [2.24, 2.45) is 0 Å². The smallest absolute Gasteiger partial charge is 0.243 e. The van der Waals surface area contributed by atoms with Gasteiger partial charge in [0.05, 0.1) is 6.54 Å². The summed E-state index contributed by atoms with van der Waals surface area (Å²) in [6.07, 6.45) is 0. The summed E-state index contributed by atoms with van der Waals surface area (Å²) in [6.45, 7) is 0.681. The Morgan fingerprint density at radius 2 is 1.65 bits per heavy atom. The lowest BCUT2D eigenvalue weighted by Gasteiger charge is -2.10. The van der Waals surface area contributed by atoms with E-state index >= 15 is 0 Å². The van der Waals surface area contributed by atoms with Crippen LogP contribution in [0.15, 0.2) is 83.3 Å². The van der Waals surface area contributed by atoms with Gasteiger partial charge in [0.1, 0.15) is 12.4 Å². The number of ether oxygens (including phenoxy) is 1. The Morgan fingerprint density at radius 3 is 2.42 bits per heavy atom. The Bertz CT molecular complexity index is 851. The van der Waals surface area contributed by atoms with Crippen LogP contribution in [0.3, 0.4) is 0 Å². The number of halogens is 1. The minimum Gasteiger partial charge on any atom is -0.489 e. The Morgan fingerprint density at radius 1 is 0.885 bits per heavy atom. The molecule has 0 saturated carbocycles. The van der Waals surface area contributed by atoms with Gasteiger partial charge in [-0.2, -0.15) is 0 Å². The highest BCUT2D eigenvalue weighted by atomic mass is 79.9. The molecule has 5 heteroatoms. The lowest BCUT2D eigenvalue weighted by molar-refractivity contribution is -0.114. The molecule has 3 aromatic rings. The van der Waals surface area contributed by atoms with E-state index in [2.05, 4.69) is 26.6 Å². The first-order chi connectivity index (χ1) is 12.7. The van der Waals surface area contributed by atoms with Gasteiger partial charge in [-0.3, -0.25) is 4.79 Å². The van der Waals surface area contributed by atoms with E-state index in [1.165, 1.54) is 0 Å². The molecule has 3 rings (SSSR count). The van der Waals surface area contributed by atoms with Crippen molar-refractivity contribution in [2.75, 3.05) is 17.2 Å². The minimum absolute atomic E-state index is 0.117. The second-order valence-electron chi connectivity index (χ2n) is 5.71.